The average Bonchev–Trinajstić information content (AvgIpc) is 2.50. The Balaban J connectivity index is 0.000000845. The molecule has 0 bridgehead atoms. The minimum Gasteiger partial charge on any atom is -0.330 e. The van der Waals surface area contributed by atoms with E-state index in [-0.39, 0.29) is 24.8 Å². The van der Waals surface area contributed by atoms with Gasteiger partial charge in [0, 0.05) is 23.7 Å². The highest BCUT2D eigenvalue weighted by atomic mass is 35.5. The standard InChI is InChI=1S/C8H10N4.2ClH/c9-4-3-7-6-2-1-5-10-8(6)12-11-7;;/h1-2,5H,3-4,9H2,(H,10,11,12);2*1H. The maximum atomic E-state index is 5.44. The number of hydrogen-bond donors (Lipinski definition) is 2. The van der Waals surface area contributed by atoms with Crippen molar-refractivity contribution in [3.8, 4) is 0 Å². The molecule has 2 aromatic rings. The van der Waals surface area contributed by atoms with E-state index in [2.05, 4.69) is 15.2 Å². The van der Waals surface area contributed by atoms with Gasteiger partial charge in [0.1, 0.15) is 0 Å². The van der Waals surface area contributed by atoms with E-state index in [1.54, 1.807) is 6.20 Å². The number of halogens is 2. The van der Waals surface area contributed by atoms with Crippen LogP contribution in [0.25, 0.3) is 11.0 Å². The zero-order chi connectivity index (χ0) is 8.39. The molecule has 14 heavy (non-hydrogen) atoms. The van der Waals surface area contributed by atoms with Crippen LogP contribution in [0.5, 0.6) is 0 Å². The first-order chi connectivity index (χ1) is 5.92. The summed E-state index contributed by atoms with van der Waals surface area (Å²) in [5, 5.41) is 8.04. The Kier molecular flexibility index (Phi) is 5.45. The maximum Gasteiger partial charge on any atom is 0.181 e. The molecule has 0 aromatic carbocycles. The SMILES string of the molecule is Cl.Cl.NCCc1[nH]nc2ncccc12. The predicted molar refractivity (Wildman–Crippen MR) is 61.1 cm³/mol. The molecule has 0 saturated heterocycles. The smallest absolute Gasteiger partial charge is 0.181 e. The third kappa shape index (κ3) is 2.35. The summed E-state index contributed by atoms with van der Waals surface area (Å²) < 4.78 is 0. The van der Waals surface area contributed by atoms with Crippen molar-refractivity contribution in [2.24, 2.45) is 5.73 Å². The number of nitrogens with one attached hydrogen (secondary N) is 1. The topological polar surface area (TPSA) is 67.6 Å². The number of nitrogens with zero attached hydrogens (tertiary/aromatic N) is 2. The van der Waals surface area contributed by atoms with Crippen LogP contribution >= 0.6 is 24.8 Å². The summed E-state index contributed by atoms with van der Waals surface area (Å²) in [6.45, 7) is 0.631. The lowest BCUT2D eigenvalue weighted by atomic mass is 10.2. The number of hydrogen-bond acceptors (Lipinski definition) is 3. The Hall–Kier alpha value is -0.840. The monoisotopic (exact) mass is 234 g/mol. The number of rotatable bonds is 2. The van der Waals surface area contributed by atoms with Crippen LogP contribution in [0.4, 0.5) is 0 Å². The largest absolute Gasteiger partial charge is 0.330 e. The minimum atomic E-state index is 0. The van der Waals surface area contributed by atoms with Crippen molar-refractivity contribution < 1.29 is 0 Å². The van der Waals surface area contributed by atoms with Crippen LogP contribution in [-0.4, -0.2) is 21.7 Å². The highest BCUT2D eigenvalue weighted by Gasteiger charge is 2.02. The molecule has 0 unspecified atom stereocenters. The zero-order valence-corrected chi connectivity index (χ0v) is 9.07. The molecule has 2 heterocycles. The molecule has 0 aliphatic rings. The van der Waals surface area contributed by atoms with E-state index in [0.717, 1.165) is 23.1 Å². The molecule has 2 rings (SSSR count). The van der Waals surface area contributed by atoms with Gasteiger partial charge in [-0.1, -0.05) is 0 Å². The molecule has 0 aliphatic heterocycles. The van der Waals surface area contributed by atoms with Crippen LogP contribution < -0.4 is 5.73 Å². The highest BCUT2D eigenvalue weighted by molar-refractivity contribution is 5.85. The van der Waals surface area contributed by atoms with Crippen LogP contribution in [0.1, 0.15) is 5.69 Å². The summed E-state index contributed by atoms with van der Waals surface area (Å²) in [7, 11) is 0. The summed E-state index contributed by atoms with van der Waals surface area (Å²) >= 11 is 0. The van der Waals surface area contributed by atoms with Crippen LogP contribution in [0.2, 0.25) is 0 Å². The summed E-state index contributed by atoms with van der Waals surface area (Å²) in [5.74, 6) is 0. The van der Waals surface area contributed by atoms with Crippen LogP contribution in [0.3, 0.4) is 0 Å². The molecule has 0 spiro atoms. The molecular weight excluding hydrogens is 223 g/mol. The molecule has 0 aliphatic carbocycles. The van der Waals surface area contributed by atoms with Gasteiger partial charge in [-0.15, -0.1) is 24.8 Å². The van der Waals surface area contributed by atoms with Gasteiger partial charge in [-0.25, -0.2) is 4.98 Å². The fourth-order valence-corrected chi connectivity index (χ4v) is 1.24. The zero-order valence-electron chi connectivity index (χ0n) is 7.43. The van der Waals surface area contributed by atoms with E-state index in [0.29, 0.717) is 6.54 Å². The molecule has 0 radical (unpaired) electrons. The van der Waals surface area contributed by atoms with E-state index in [4.69, 9.17) is 5.73 Å². The van der Waals surface area contributed by atoms with Gasteiger partial charge in [0.05, 0.1) is 0 Å². The van der Waals surface area contributed by atoms with Crippen molar-refractivity contribution in [1.82, 2.24) is 15.2 Å². The normalized spacial score (nSPS) is 9.21. The second-order valence-electron chi connectivity index (χ2n) is 2.62. The number of nitrogens with two attached hydrogens (primary N) is 1. The predicted octanol–water partition coefficient (Wildman–Crippen LogP) is 1.30. The van der Waals surface area contributed by atoms with Crippen LogP contribution in [0, 0.1) is 0 Å². The van der Waals surface area contributed by atoms with Gasteiger partial charge in [0.15, 0.2) is 5.65 Å². The number of aromatic amines is 1. The van der Waals surface area contributed by atoms with Gasteiger partial charge >= 0.3 is 0 Å². The fraction of sp³-hybridized carbons (Fsp3) is 0.250. The fourth-order valence-electron chi connectivity index (χ4n) is 1.24. The summed E-state index contributed by atoms with van der Waals surface area (Å²) in [4.78, 5) is 4.10. The maximum absolute atomic E-state index is 5.44. The van der Waals surface area contributed by atoms with Gasteiger partial charge in [-0.05, 0) is 18.7 Å². The Morgan fingerprint density at radius 3 is 2.86 bits per heavy atom. The average molecular weight is 235 g/mol. The summed E-state index contributed by atoms with van der Waals surface area (Å²) in [6.07, 6.45) is 2.55. The van der Waals surface area contributed by atoms with Crippen molar-refractivity contribution in [1.29, 1.82) is 0 Å². The Morgan fingerprint density at radius 1 is 1.36 bits per heavy atom. The van der Waals surface area contributed by atoms with Gasteiger partial charge in [0.25, 0.3) is 0 Å². The van der Waals surface area contributed by atoms with E-state index >= 15 is 0 Å². The van der Waals surface area contributed by atoms with Crippen molar-refractivity contribution >= 4 is 35.8 Å². The van der Waals surface area contributed by atoms with Crippen molar-refractivity contribution in [2.45, 2.75) is 6.42 Å². The molecule has 78 valence electrons. The molecule has 3 N–H and O–H groups in total. The Labute approximate surface area is 94.1 Å². The lowest BCUT2D eigenvalue weighted by molar-refractivity contribution is 0.908. The van der Waals surface area contributed by atoms with Crippen molar-refractivity contribution in [3.63, 3.8) is 0 Å². The number of H-pyrrole nitrogens is 1. The van der Waals surface area contributed by atoms with Crippen molar-refractivity contribution in [3.05, 3.63) is 24.0 Å². The number of pyridine rings is 1. The van der Waals surface area contributed by atoms with E-state index in [1.807, 2.05) is 12.1 Å². The molecule has 0 fully saturated rings. The lowest BCUT2D eigenvalue weighted by Gasteiger charge is -1.92. The van der Waals surface area contributed by atoms with Gasteiger partial charge in [-0.3, -0.25) is 5.10 Å². The van der Waals surface area contributed by atoms with Crippen LogP contribution in [0.15, 0.2) is 18.3 Å². The Morgan fingerprint density at radius 2 is 2.14 bits per heavy atom. The number of aromatic nitrogens is 3. The lowest BCUT2D eigenvalue weighted by Crippen LogP contribution is -2.03. The first kappa shape index (κ1) is 13.2. The highest BCUT2D eigenvalue weighted by Crippen LogP contribution is 2.12. The first-order valence-electron chi connectivity index (χ1n) is 3.90. The molecule has 0 saturated carbocycles. The van der Waals surface area contributed by atoms with E-state index in [1.165, 1.54) is 0 Å². The second-order valence-corrected chi connectivity index (χ2v) is 2.62. The Bertz CT molecular complexity index is 387. The van der Waals surface area contributed by atoms with Gasteiger partial charge in [-0.2, -0.15) is 5.10 Å². The third-order valence-electron chi connectivity index (χ3n) is 1.80. The van der Waals surface area contributed by atoms with Gasteiger partial charge in [0.2, 0.25) is 0 Å². The van der Waals surface area contributed by atoms with E-state index in [9.17, 15) is 0 Å². The summed E-state index contributed by atoms with van der Waals surface area (Å²) in [6, 6.07) is 3.90. The van der Waals surface area contributed by atoms with E-state index < -0.39 is 0 Å². The van der Waals surface area contributed by atoms with Crippen molar-refractivity contribution in [2.75, 3.05) is 6.54 Å². The summed E-state index contributed by atoms with van der Waals surface area (Å²) in [5.41, 5.74) is 7.28. The second kappa shape index (κ2) is 5.80. The quantitative estimate of drug-likeness (QED) is 0.824. The third-order valence-corrected chi connectivity index (χ3v) is 1.80. The molecule has 0 atom stereocenters. The molecule has 6 heteroatoms. The molecule has 4 nitrogen and oxygen atoms in total. The molecular formula is C8H12Cl2N4. The minimum absolute atomic E-state index is 0. The number of fused-ring (bicyclic) bond motifs is 1. The van der Waals surface area contributed by atoms with Gasteiger partial charge < -0.3 is 5.73 Å². The first-order valence-corrected chi connectivity index (χ1v) is 3.90. The molecule has 0 amide bonds. The molecule has 2 aromatic heterocycles. The van der Waals surface area contributed by atoms with Crippen LogP contribution in [-0.2, 0) is 6.42 Å².